The number of hydrogen-bond acceptors (Lipinski definition) is 3. The Balaban J connectivity index is 3.10. The van der Waals surface area contributed by atoms with Gasteiger partial charge in [-0.1, -0.05) is 15.9 Å². The molecule has 1 rings (SSSR count). The number of benzene rings is 1. The molecular weight excluding hydrogens is 262 g/mol. The summed E-state index contributed by atoms with van der Waals surface area (Å²) in [5.41, 5.74) is 5.60. The number of phenolic OH excluding ortho intramolecular Hbond substituents is 1. The molecule has 3 N–H and O–H groups in total. The zero-order chi connectivity index (χ0) is 11.4. The van der Waals surface area contributed by atoms with Gasteiger partial charge in [0.05, 0.1) is 7.11 Å². The molecule has 1 aromatic carbocycles. The number of nitrogens with two attached hydrogens (primary N) is 1. The molecule has 0 saturated carbocycles. The van der Waals surface area contributed by atoms with Gasteiger partial charge in [0.1, 0.15) is 0 Å². The van der Waals surface area contributed by atoms with E-state index in [0.29, 0.717) is 15.8 Å². The lowest BCUT2D eigenvalue weighted by atomic mass is 10.2. The Bertz CT molecular complexity index is 415. The molecular formula is C10H10BrNO3. The molecule has 0 aliphatic carbocycles. The Labute approximate surface area is 95.5 Å². The number of halogens is 1. The smallest absolute Gasteiger partial charge is 0.241 e. The van der Waals surface area contributed by atoms with Gasteiger partial charge >= 0.3 is 0 Å². The van der Waals surface area contributed by atoms with Crippen LogP contribution in [0.5, 0.6) is 11.5 Å². The summed E-state index contributed by atoms with van der Waals surface area (Å²) in [6.45, 7) is 0. The Morgan fingerprint density at radius 2 is 2.27 bits per heavy atom. The maximum atomic E-state index is 10.5. The van der Waals surface area contributed by atoms with Gasteiger partial charge in [0.15, 0.2) is 11.5 Å². The summed E-state index contributed by atoms with van der Waals surface area (Å²) in [5.74, 6) is -0.180. The number of hydrogen-bond donors (Lipinski definition) is 2. The van der Waals surface area contributed by atoms with E-state index >= 15 is 0 Å². The number of methoxy groups -OCH3 is 1. The second kappa shape index (κ2) is 4.84. The van der Waals surface area contributed by atoms with Crippen LogP contribution in [-0.4, -0.2) is 18.1 Å². The highest BCUT2D eigenvalue weighted by atomic mass is 79.9. The molecule has 0 atom stereocenters. The summed E-state index contributed by atoms with van der Waals surface area (Å²) >= 11 is 3.28. The zero-order valence-corrected chi connectivity index (χ0v) is 9.61. The lowest BCUT2D eigenvalue weighted by Crippen LogP contribution is -2.05. The first-order chi connectivity index (χ1) is 7.04. The van der Waals surface area contributed by atoms with Gasteiger partial charge in [0.25, 0.3) is 0 Å². The molecule has 0 bridgehead atoms. The Hall–Kier alpha value is -1.49. The maximum absolute atomic E-state index is 10.5. The second-order valence-electron chi connectivity index (χ2n) is 2.78. The van der Waals surface area contributed by atoms with E-state index in [4.69, 9.17) is 10.5 Å². The molecule has 0 heterocycles. The summed E-state index contributed by atoms with van der Waals surface area (Å²) in [5, 5.41) is 9.49. The van der Waals surface area contributed by atoms with Crippen LogP contribution in [0.4, 0.5) is 0 Å². The van der Waals surface area contributed by atoms with E-state index in [1.807, 2.05) is 0 Å². The standard InChI is InChI=1S/C10H10BrNO3/c1-15-9-5-7(11)6(4-8(9)13)2-3-10(12)14/h2-5,13H,1H3,(H2,12,14). The highest BCUT2D eigenvalue weighted by Crippen LogP contribution is 2.32. The third kappa shape index (κ3) is 2.99. The van der Waals surface area contributed by atoms with Crippen molar-refractivity contribution in [2.24, 2.45) is 5.73 Å². The number of amides is 1. The van der Waals surface area contributed by atoms with Gasteiger partial charge in [-0.15, -0.1) is 0 Å². The van der Waals surface area contributed by atoms with Crippen LogP contribution in [0.2, 0.25) is 0 Å². The topological polar surface area (TPSA) is 72.5 Å². The normalized spacial score (nSPS) is 10.5. The summed E-state index contributed by atoms with van der Waals surface area (Å²) < 4.78 is 5.61. The third-order valence-electron chi connectivity index (χ3n) is 1.73. The SMILES string of the molecule is COc1cc(Br)c(C=CC(N)=O)cc1O. The van der Waals surface area contributed by atoms with Crippen molar-refractivity contribution in [2.75, 3.05) is 7.11 Å². The van der Waals surface area contributed by atoms with Gasteiger partial charge in [-0.05, 0) is 23.8 Å². The van der Waals surface area contributed by atoms with E-state index in [-0.39, 0.29) is 5.75 Å². The van der Waals surface area contributed by atoms with E-state index in [2.05, 4.69) is 15.9 Å². The van der Waals surface area contributed by atoms with Crippen LogP contribution in [0, 0.1) is 0 Å². The highest BCUT2D eigenvalue weighted by Gasteiger charge is 2.05. The predicted octanol–water partition coefficient (Wildman–Crippen LogP) is 1.66. The van der Waals surface area contributed by atoms with Crippen molar-refractivity contribution < 1.29 is 14.6 Å². The summed E-state index contributed by atoms with van der Waals surface area (Å²) in [7, 11) is 1.46. The predicted molar refractivity (Wildman–Crippen MR) is 60.6 cm³/mol. The van der Waals surface area contributed by atoms with Gasteiger partial charge in [-0.2, -0.15) is 0 Å². The first-order valence-corrected chi connectivity index (χ1v) is 4.88. The molecule has 0 saturated heterocycles. The fourth-order valence-electron chi connectivity index (χ4n) is 1.02. The minimum atomic E-state index is -0.544. The molecule has 4 nitrogen and oxygen atoms in total. The average molecular weight is 272 g/mol. The van der Waals surface area contributed by atoms with E-state index in [9.17, 15) is 9.90 Å². The molecule has 1 amide bonds. The highest BCUT2D eigenvalue weighted by molar-refractivity contribution is 9.10. The lowest BCUT2D eigenvalue weighted by Gasteiger charge is -2.05. The van der Waals surface area contributed by atoms with E-state index in [0.717, 1.165) is 0 Å². The molecule has 0 aliphatic heterocycles. The first-order valence-electron chi connectivity index (χ1n) is 4.08. The molecule has 15 heavy (non-hydrogen) atoms. The van der Waals surface area contributed by atoms with Crippen LogP contribution in [-0.2, 0) is 4.79 Å². The summed E-state index contributed by atoms with van der Waals surface area (Å²) in [4.78, 5) is 10.5. The monoisotopic (exact) mass is 271 g/mol. The zero-order valence-electron chi connectivity index (χ0n) is 8.03. The van der Waals surface area contributed by atoms with Crippen LogP contribution in [0.25, 0.3) is 6.08 Å². The number of aromatic hydroxyl groups is 1. The summed E-state index contributed by atoms with van der Waals surface area (Å²) in [6, 6.07) is 3.08. The van der Waals surface area contributed by atoms with Gasteiger partial charge < -0.3 is 15.6 Å². The van der Waals surface area contributed by atoms with Gasteiger partial charge in [-0.25, -0.2) is 0 Å². The fourth-order valence-corrected chi connectivity index (χ4v) is 1.48. The van der Waals surface area contributed by atoms with Crippen molar-refractivity contribution in [3.63, 3.8) is 0 Å². The molecule has 0 spiro atoms. The maximum Gasteiger partial charge on any atom is 0.241 e. The molecule has 1 aromatic rings. The number of primary amides is 1. The first kappa shape index (κ1) is 11.6. The minimum Gasteiger partial charge on any atom is -0.504 e. The molecule has 0 fully saturated rings. The van der Waals surface area contributed by atoms with Crippen molar-refractivity contribution in [3.05, 3.63) is 28.2 Å². The lowest BCUT2D eigenvalue weighted by molar-refractivity contribution is -0.113. The molecule has 0 aliphatic rings. The third-order valence-corrected chi connectivity index (χ3v) is 2.41. The van der Waals surface area contributed by atoms with Crippen LogP contribution >= 0.6 is 15.9 Å². The largest absolute Gasteiger partial charge is 0.504 e. The summed E-state index contributed by atoms with van der Waals surface area (Å²) in [6.07, 6.45) is 2.72. The number of rotatable bonds is 3. The Morgan fingerprint density at radius 1 is 1.60 bits per heavy atom. The average Bonchev–Trinajstić information content (AvgIpc) is 2.18. The van der Waals surface area contributed by atoms with Crippen molar-refractivity contribution in [1.82, 2.24) is 0 Å². The second-order valence-corrected chi connectivity index (χ2v) is 3.64. The molecule has 0 aromatic heterocycles. The van der Waals surface area contributed by atoms with Crippen LogP contribution in [0.3, 0.4) is 0 Å². The van der Waals surface area contributed by atoms with Gasteiger partial charge in [0, 0.05) is 10.5 Å². The van der Waals surface area contributed by atoms with E-state index in [1.54, 1.807) is 6.07 Å². The van der Waals surface area contributed by atoms with Gasteiger partial charge in [-0.3, -0.25) is 4.79 Å². The number of phenols is 1. The number of carbonyl (C=O) groups is 1. The quantitative estimate of drug-likeness (QED) is 0.822. The number of ether oxygens (including phenoxy) is 1. The fraction of sp³-hybridized carbons (Fsp3) is 0.100. The number of carbonyl (C=O) groups excluding carboxylic acids is 1. The Kier molecular flexibility index (Phi) is 3.74. The van der Waals surface area contributed by atoms with Crippen LogP contribution < -0.4 is 10.5 Å². The van der Waals surface area contributed by atoms with Crippen molar-refractivity contribution >= 4 is 27.9 Å². The molecule has 80 valence electrons. The Morgan fingerprint density at radius 3 is 2.80 bits per heavy atom. The minimum absolute atomic E-state index is 0.00446. The van der Waals surface area contributed by atoms with Crippen LogP contribution in [0.1, 0.15) is 5.56 Å². The molecule has 0 unspecified atom stereocenters. The molecule has 0 radical (unpaired) electrons. The van der Waals surface area contributed by atoms with Gasteiger partial charge in [0.2, 0.25) is 5.91 Å². The van der Waals surface area contributed by atoms with E-state index < -0.39 is 5.91 Å². The molecule has 5 heteroatoms. The van der Waals surface area contributed by atoms with E-state index in [1.165, 1.54) is 25.3 Å². The van der Waals surface area contributed by atoms with Crippen molar-refractivity contribution in [1.29, 1.82) is 0 Å². The van der Waals surface area contributed by atoms with Crippen molar-refractivity contribution in [2.45, 2.75) is 0 Å². The van der Waals surface area contributed by atoms with Crippen LogP contribution in [0.15, 0.2) is 22.7 Å². The van der Waals surface area contributed by atoms with Crippen molar-refractivity contribution in [3.8, 4) is 11.5 Å².